The minimum atomic E-state index is -0.531. The molecule has 0 unspecified atom stereocenters. The Hall–Kier alpha value is -3.84. The normalized spacial score (nSPS) is 14.7. The van der Waals surface area contributed by atoms with E-state index >= 15 is 0 Å². The zero-order chi connectivity index (χ0) is 23.9. The summed E-state index contributed by atoms with van der Waals surface area (Å²) in [5.74, 6) is -0.846. The van der Waals surface area contributed by atoms with Gasteiger partial charge in [-0.1, -0.05) is 17.7 Å². The molecule has 0 radical (unpaired) electrons. The van der Waals surface area contributed by atoms with E-state index < -0.39 is 17.9 Å². The Balaban J connectivity index is 1.70. The Morgan fingerprint density at radius 3 is 2.48 bits per heavy atom. The zero-order valence-corrected chi connectivity index (χ0v) is 19.4. The minimum Gasteiger partial charge on any atom is -0.465 e. The zero-order valence-electron chi connectivity index (χ0n) is 18.6. The third-order valence-electron chi connectivity index (χ3n) is 5.57. The lowest BCUT2D eigenvalue weighted by Crippen LogP contribution is -2.30. The summed E-state index contributed by atoms with van der Waals surface area (Å²) in [7, 11) is 1.35. The average Bonchev–Trinajstić information content (AvgIpc) is 3.21. The van der Waals surface area contributed by atoms with E-state index in [9.17, 15) is 14.4 Å². The Kier molecular flexibility index (Phi) is 5.82. The molecule has 1 aromatic heterocycles. The molecule has 0 spiro atoms. The first-order valence-corrected chi connectivity index (χ1v) is 10.6. The van der Waals surface area contributed by atoms with Gasteiger partial charge in [0.15, 0.2) is 0 Å². The Morgan fingerprint density at radius 1 is 1.06 bits per heavy atom. The summed E-state index contributed by atoms with van der Waals surface area (Å²) in [5.41, 5.74) is 5.48. The van der Waals surface area contributed by atoms with Crippen LogP contribution in [0.2, 0.25) is 5.02 Å². The van der Waals surface area contributed by atoms with Crippen molar-refractivity contribution >= 4 is 41.3 Å². The Labute approximate surface area is 196 Å². The molecule has 8 heteroatoms. The van der Waals surface area contributed by atoms with Gasteiger partial charge in [0.25, 0.3) is 5.91 Å². The number of imide groups is 1. The first kappa shape index (κ1) is 22.4. The standard InChI is InChI=1S/C25H22ClN3O4/c1-14-10-17(24(31)33-4)8-9-22(14)28-15(2)11-18(16(28)3)12-21-23(30)29(25(32)27-21)20-7-5-6-19(26)13-20/h5-13H,1-4H3,(H,27,32)/b21-12+. The number of esters is 1. The maximum absolute atomic E-state index is 13.0. The van der Waals surface area contributed by atoms with E-state index in [0.717, 1.165) is 33.1 Å². The number of hydrogen-bond donors (Lipinski definition) is 1. The number of ether oxygens (including phenoxy) is 1. The van der Waals surface area contributed by atoms with Gasteiger partial charge in [0.2, 0.25) is 0 Å². The average molecular weight is 464 g/mol. The molecule has 0 atom stereocenters. The van der Waals surface area contributed by atoms with Crippen LogP contribution >= 0.6 is 11.6 Å². The number of benzene rings is 2. The van der Waals surface area contributed by atoms with E-state index in [4.69, 9.17) is 16.3 Å². The lowest BCUT2D eigenvalue weighted by molar-refractivity contribution is -0.113. The van der Waals surface area contributed by atoms with Crippen LogP contribution in [-0.2, 0) is 9.53 Å². The molecule has 1 aliphatic rings. The van der Waals surface area contributed by atoms with Crippen LogP contribution < -0.4 is 10.2 Å². The van der Waals surface area contributed by atoms with Crippen molar-refractivity contribution in [3.63, 3.8) is 0 Å². The van der Waals surface area contributed by atoms with E-state index in [2.05, 4.69) is 5.32 Å². The summed E-state index contributed by atoms with van der Waals surface area (Å²) >= 11 is 6.02. The van der Waals surface area contributed by atoms with E-state index in [-0.39, 0.29) is 5.70 Å². The van der Waals surface area contributed by atoms with Gasteiger partial charge in [-0.05, 0) is 80.4 Å². The fourth-order valence-corrected chi connectivity index (χ4v) is 4.18. The van der Waals surface area contributed by atoms with Crippen LogP contribution in [0.4, 0.5) is 10.5 Å². The van der Waals surface area contributed by atoms with Crippen LogP contribution in [0.5, 0.6) is 0 Å². The highest BCUT2D eigenvalue weighted by Gasteiger charge is 2.35. The topological polar surface area (TPSA) is 80.6 Å². The molecule has 168 valence electrons. The number of carbonyl (C=O) groups excluding carboxylic acids is 3. The number of amides is 3. The molecule has 33 heavy (non-hydrogen) atoms. The molecule has 1 aliphatic heterocycles. The number of nitrogens with zero attached hydrogens (tertiary/aromatic N) is 2. The molecule has 1 N–H and O–H groups in total. The van der Waals surface area contributed by atoms with Crippen LogP contribution in [-0.4, -0.2) is 29.6 Å². The highest BCUT2D eigenvalue weighted by atomic mass is 35.5. The molecule has 0 aliphatic carbocycles. The van der Waals surface area contributed by atoms with Crippen molar-refractivity contribution in [2.45, 2.75) is 20.8 Å². The van der Waals surface area contributed by atoms with Crippen molar-refractivity contribution in [2.75, 3.05) is 12.0 Å². The first-order chi connectivity index (χ1) is 15.7. The SMILES string of the molecule is COC(=O)c1ccc(-n2c(C)cc(/C=C3/NC(=O)N(c4cccc(Cl)c4)C3=O)c2C)c(C)c1. The van der Waals surface area contributed by atoms with Gasteiger partial charge in [-0.3, -0.25) is 4.79 Å². The van der Waals surface area contributed by atoms with Crippen molar-refractivity contribution in [1.82, 2.24) is 9.88 Å². The van der Waals surface area contributed by atoms with Crippen LogP contribution in [0.3, 0.4) is 0 Å². The van der Waals surface area contributed by atoms with Crippen LogP contribution in [0.1, 0.15) is 32.9 Å². The first-order valence-electron chi connectivity index (χ1n) is 10.2. The van der Waals surface area contributed by atoms with Gasteiger partial charge in [-0.15, -0.1) is 0 Å². The van der Waals surface area contributed by atoms with Crippen LogP contribution in [0.25, 0.3) is 11.8 Å². The number of methoxy groups -OCH3 is 1. The third-order valence-corrected chi connectivity index (χ3v) is 5.81. The molecular weight excluding hydrogens is 442 g/mol. The van der Waals surface area contributed by atoms with Crippen LogP contribution in [0, 0.1) is 20.8 Å². The summed E-state index contributed by atoms with van der Waals surface area (Å²) < 4.78 is 6.84. The number of aryl methyl sites for hydroxylation is 2. The molecule has 0 saturated carbocycles. The molecule has 1 fully saturated rings. The number of rotatable bonds is 4. The maximum atomic E-state index is 13.0. The summed E-state index contributed by atoms with van der Waals surface area (Å²) in [6, 6.07) is 13.3. The maximum Gasteiger partial charge on any atom is 0.337 e. The fraction of sp³-hybridized carbons (Fsp3) is 0.160. The van der Waals surface area contributed by atoms with Crippen molar-refractivity contribution in [1.29, 1.82) is 0 Å². The monoisotopic (exact) mass is 463 g/mol. The summed E-state index contributed by atoms with van der Waals surface area (Å²) in [6.45, 7) is 5.81. The van der Waals surface area contributed by atoms with Gasteiger partial charge in [0, 0.05) is 22.1 Å². The summed E-state index contributed by atoms with van der Waals surface area (Å²) in [5, 5.41) is 3.08. The van der Waals surface area contributed by atoms with E-state index in [1.54, 1.807) is 42.5 Å². The van der Waals surface area contributed by atoms with Crippen molar-refractivity contribution in [3.05, 3.63) is 87.3 Å². The predicted octanol–water partition coefficient (Wildman–Crippen LogP) is 4.94. The van der Waals surface area contributed by atoms with Crippen molar-refractivity contribution in [2.24, 2.45) is 0 Å². The number of hydrogen-bond acceptors (Lipinski definition) is 4. The molecule has 2 heterocycles. The lowest BCUT2D eigenvalue weighted by Gasteiger charge is -2.14. The largest absolute Gasteiger partial charge is 0.465 e. The van der Waals surface area contributed by atoms with E-state index in [1.165, 1.54) is 7.11 Å². The van der Waals surface area contributed by atoms with E-state index in [1.807, 2.05) is 37.5 Å². The third kappa shape index (κ3) is 4.03. The molecule has 1 saturated heterocycles. The quantitative estimate of drug-likeness (QED) is 0.337. The smallest absolute Gasteiger partial charge is 0.337 e. The molecular formula is C25H22ClN3O4. The molecule has 0 bridgehead atoms. The predicted molar refractivity (Wildman–Crippen MR) is 127 cm³/mol. The Morgan fingerprint density at radius 2 is 1.82 bits per heavy atom. The van der Waals surface area contributed by atoms with Gasteiger partial charge in [-0.2, -0.15) is 0 Å². The number of halogens is 1. The van der Waals surface area contributed by atoms with Gasteiger partial charge in [0.05, 0.1) is 18.4 Å². The molecule has 3 amide bonds. The van der Waals surface area contributed by atoms with Gasteiger partial charge < -0.3 is 14.6 Å². The molecule has 7 nitrogen and oxygen atoms in total. The highest BCUT2D eigenvalue weighted by molar-refractivity contribution is 6.32. The second-order valence-electron chi connectivity index (χ2n) is 7.76. The van der Waals surface area contributed by atoms with Gasteiger partial charge in [-0.25, -0.2) is 14.5 Å². The summed E-state index contributed by atoms with van der Waals surface area (Å²) in [4.78, 5) is 38.4. The number of anilines is 1. The molecule has 2 aromatic carbocycles. The summed E-state index contributed by atoms with van der Waals surface area (Å²) in [6.07, 6.45) is 1.67. The highest BCUT2D eigenvalue weighted by Crippen LogP contribution is 2.28. The number of nitrogens with one attached hydrogen (secondary N) is 1. The van der Waals surface area contributed by atoms with E-state index in [0.29, 0.717) is 16.3 Å². The van der Waals surface area contributed by atoms with Gasteiger partial charge >= 0.3 is 12.0 Å². The minimum absolute atomic E-state index is 0.179. The lowest BCUT2D eigenvalue weighted by atomic mass is 10.1. The molecule has 4 rings (SSSR count). The number of urea groups is 1. The fourth-order valence-electron chi connectivity index (χ4n) is 4.00. The number of carbonyl (C=O) groups is 3. The molecule has 3 aromatic rings. The van der Waals surface area contributed by atoms with Gasteiger partial charge in [0.1, 0.15) is 5.70 Å². The second-order valence-corrected chi connectivity index (χ2v) is 8.20. The van der Waals surface area contributed by atoms with Crippen molar-refractivity contribution in [3.8, 4) is 5.69 Å². The Bertz CT molecular complexity index is 1340. The second kappa shape index (κ2) is 8.60. The van der Waals surface area contributed by atoms with Crippen molar-refractivity contribution < 1.29 is 19.1 Å². The number of aromatic nitrogens is 1. The van der Waals surface area contributed by atoms with Crippen LogP contribution in [0.15, 0.2) is 54.2 Å².